The summed E-state index contributed by atoms with van der Waals surface area (Å²) in [4.78, 5) is 4.13. The minimum Gasteiger partial charge on any atom is -0.465 e. The lowest BCUT2D eigenvalue weighted by atomic mass is 10.2. The molecule has 0 aliphatic heterocycles. The molecule has 0 atom stereocenters. The van der Waals surface area contributed by atoms with E-state index in [1.54, 1.807) is 26.8 Å². The molecule has 0 saturated heterocycles. The number of aliphatic hydroxyl groups is 1. The van der Waals surface area contributed by atoms with Gasteiger partial charge in [0.1, 0.15) is 22.2 Å². The summed E-state index contributed by atoms with van der Waals surface area (Å²) in [7, 11) is -3.87. The average molecular weight is 310 g/mol. The highest BCUT2D eigenvalue weighted by Crippen LogP contribution is 2.28. The van der Waals surface area contributed by atoms with Crippen LogP contribution in [0, 0.1) is 27.7 Å². The van der Waals surface area contributed by atoms with Gasteiger partial charge in [-0.05, 0) is 45.4 Å². The molecular formula is C14H18N2O4S. The Hall–Kier alpha value is -1.86. The van der Waals surface area contributed by atoms with E-state index < -0.39 is 16.6 Å². The van der Waals surface area contributed by atoms with Gasteiger partial charge in [0.25, 0.3) is 10.0 Å². The topological polar surface area (TPSA) is 92.4 Å². The first-order valence-electron chi connectivity index (χ1n) is 6.42. The Bertz CT molecular complexity index is 758. The monoisotopic (exact) mass is 310 g/mol. The number of sulfonamides is 1. The SMILES string of the molecule is Cc1cc(C)nc(NS(=O)(=O)c2c(C)oc(C)c2CO)c1. The number of hydrogen-bond acceptors (Lipinski definition) is 5. The lowest BCUT2D eigenvalue weighted by Crippen LogP contribution is -2.16. The van der Waals surface area contributed by atoms with Crippen LogP contribution in [0.2, 0.25) is 0 Å². The van der Waals surface area contributed by atoms with Crippen molar-refractivity contribution in [3.63, 3.8) is 0 Å². The van der Waals surface area contributed by atoms with Gasteiger partial charge in [-0.3, -0.25) is 4.72 Å². The first kappa shape index (κ1) is 15.5. The number of hydrogen-bond donors (Lipinski definition) is 2. The molecule has 114 valence electrons. The Balaban J connectivity index is 2.48. The second-order valence-corrected chi connectivity index (χ2v) is 6.58. The van der Waals surface area contributed by atoms with Crippen molar-refractivity contribution < 1.29 is 17.9 Å². The first-order chi connectivity index (χ1) is 9.74. The fourth-order valence-electron chi connectivity index (χ4n) is 2.33. The highest BCUT2D eigenvalue weighted by Gasteiger charge is 2.27. The molecule has 0 amide bonds. The van der Waals surface area contributed by atoms with Gasteiger partial charge in [-0.1, -0.05) is 0 Å². The van der Waals surface area contributed by atoms with Gasteiger partial charge in [-0.15, -0.1) is 0 Å². The predicted molar refractivity (Wildman–Crippen MR) is 78.6 cm³/mol. The largest absolute Gasteiger partial charge is 0.465 e. The smallest absolute Gasteiger partial charge is 0.266 e. The molecule has 0 aromatic carbocycles. The number of furan rings is 1. The van der Waals surface area contributed by atoms with Crippen molar-refractivity contribution in [3.05, 3.63) is 40.5 Å². The average Bonchev–Trinajstić information content (AvgIpc) is 2.61. The fourth-order valence-corrected chi connectivity index (χ4v) is 3.76. The van der Waals surface area contributed by atoms with Crippen LogP contribution in [0.3, 0.4) is 0 Å². The van der Waals surface area contributed by atoms with Crippen LogP contribution in [0.4, 0.5) is 5.82 Å². The maximum Gasteiger partial charge on any atom is 0.266 e. The van der Waals surface area contributed by atoms with Crippen LogP contribution in [0.1, 0.15) is 28.3 Å². The second kappa shape index (κ2) is 5.50. The Morgan fingerprint density at radius 1 is 1.19 bits per heavy atom. The molecule has 6 nitrogen and oxygen atoms in total. The van der Waals surface area contributed by atoms with E-state index in [0.717, 1.165) is 11.3 Å². The molecule has 2 aromatic heterocycles. The number of anilines is 1. The van der Waals surface area contributed by atoms with Crippen molar-refractivity contribution in [1.29, 1.82) is 0 Å². The van der Waals surface area contributed by atoms with E-state index in [0.29, 0.717) is 5.76 Å². The van der Waals surface area contributed by atoms with E-state index in [2.05, 4.69) is 9.71 Å². The van der Waals surface area contributed by atoms with E-state index in [9.17, 15) is 13.5 Å². The summed E-state index contributed by atoms with van der Waals surface area (Å²) in [6.45, 7) is 6.41. The van der Waals surface area contributed by atoms with Crippen LogP contribution in [0.15, 0.2) is 21.4 Å². The minimum atomic E-state index is -3.87. The van der Waals surface area contributed by atoms with E-state index in [-0.39, 0.29) is 22.0 Å². The zero-order chi connectivity index (χ0) is 15.8. The molecule has 2 heterocycles. The van der Waals surface area contributed by atoms with Crippen molar-refractivity contribution in [2.24, 2.45) is 0 Å². The lowest BCUT2D eigenvalue weighted by molar-refractivity contribution is 0.276. The van der Waals surface area contributed by atoms with Crippen LogP contribution in [0.5, 0.6) is 0 Å². The van der Waals surface area contributed by atoms with Gasteiger partial charge in [-0.2, -0.15) is 0 Å². The summed E-state index contributed by atoms with van der Waals surface area (Å²) in [6, 6.07) is 3.50. The number of aryl methyl sites for hydroxylation is 4. The number of aromatic nitrogens is 1. The molecule has 2 aromatic rings. The summed E-state index contributed by atoms with van der Waals surface area (Å²) >= 11 is 0. The van der Waals surface area contributed by atoms with E-state index in [1.807, 2.05) is 13.0 Å². The van der Waals surface area contributed by atoms with Gasteiger partial charge in [-0.25, -0.2) is 13.4 Å². The maximum absolute atomic E-state index is 12.5. The number of rotatable bonds is 4. The molecule has 0 spiro atoms. The van der Waals surface area contributed by atoms with E-state index in [4.69, 9.17) is 4.42 Å². The molecule has 0 unspecified atom stereocenters. The van der Waals surface area contributed by atoms with Gasteiger partial charge < -0.3 is 9.52 Å². The van der Waals surface area contributed by atoms with Crippen LogP contribution < -0.4 is 4.72 Å². The Labute approximate surface area is 123 Å². The van der Waals surface area contributed by atoms with Crippen molar-refractivity contribution in [2.75, 3.05) is 4.72 Å². The van der Waals surface area contributed by atoms with Crippen LogP contribution in [-0.2, 0) is 16.6 Å². The molecule has 0 radical (unpaired) electrons. The third kappa shape index (κ3) is 3.08. The molecule has 2 N–H and O–H groups in total. The Morgan fingerprint density at radius 2 is 1.86 bits per heavy atom. The van der Waals surface area contributed by atoms with Crippen LogP contribution >= 0.6 is 0 Å². The number of aliphatic hydroxyl groups excluding tert-OH is 1. The van der Waals surface area contributed by atoms with Crippen LogP contribution in [-0.4, -0.2) is 18.5 Å². The van der Waals surface area contributed by atoms with Crippen LogP contribution in [0.25, 0.3) is 0 Å². The Kier molecular flexibility index (Phi) is 4.06. The van der Waals surface area contributed by atoms with E-state index in [1.165, 1.54) is 0 Å². The highest BCUT2D eigenvalue weighted by molar-refractivity contribution is 7.92. The molecule has 0 bridgehead atoms. The summed E-state index contributed by atoms with van der Waals surface area (Å²) in [5.41, 5.74) is 1.89. The molecule has 7 heteroatoms. The maximum atomic E-state index is 12.5. The molecular weight excluding hydrogens is 292 g/mol. The molecule has 2 rings (SSSR count). The first-order valence-corrected chi connectivity index (χ1v) is 7.90. The number of pyridine rings is 1. The second-order valence-electron chi connectivity index (χ2n) is 4.96. The van der Waals surface area contributed by atoms with Gasteiger partial charge in [0.15, 0.2) is 0 Å². The fraction of sp³-hybridized carbons (Fsp3) is 0.357. The standard InChI is InChI=1S/C14H18N2O4S/c1-8-5-9(2)15-13(6-8)16-21(18,19)14-11(4)20-10(3)12(14)7-17/h5-6,17H,7H2,1-4H3,(H,15,16). The number of nitrogens with one attached hydrogen (secondary N) is 1. The summed E-state index contributed by atoms with van der Waals surface area (Å²) in [5, 5.41) is 9.36. The van der Waals surface area contributed by atoms with Gasteiger partial charge in [0, 0.05) is 11.3 Å². The third-order valence-electron chi connectivity index (χ3n) is 3.09. The molecule has 21 heavy (non-hydrogen) atoms. The molecule has 0 aliphatic carbocycles. The molecule has 0 fully saturated rings. The lowest BCUT2D eigenvalue weighted by Gasteiger charge is -2.09. The highest BCUT2D eigenvalue weighted by atomic mass is 32.2. The van der Waals surface area contributed by atoms with Gasteiger partial charge in [0.05, 0.1) is 6.61 Å². The third-order valence-corrected chi connectivity index (χ3v) is 4.64. The van der Waals surface area contributed by atoms with Gasteiger partial charge >= 0.3 is 0 Å². The summed E-state index contributed by atoms with van der Waals surface area (Å²) in [6.07, 6.45) is 0. The Morgan fingerprint density at radius 3 is 2.43 bits per heavy atom. The molecule has 0 aliphatic rings. The predicted octanol–water partition coefficient (Wildman–Crippen LogP) is 2.20. The zero-order valence-electron chi connectivity index (χ0n) is 12.4. The van der Waals surface area contributed by atoms with Crippen molar-refractivity contribution >= 4 is 15.8 Å². The normalized spacial score (nSPS) is 11.7. The summed E-state index contributed by atoms with van der Waals surface area (Å²) in [5.74, 6) is 0.881. The zero-order valence-corrected chi connectivity index (χ0v) is 13.2. The summed E-state index contributed by atoms with van der Waals surface area (Å²) < 4.78 is 32.8. The number of nitrogens with zero attached hydrogens (tertiary/aromatic N) is 1. The van der Waals surface area contributed by atoms with Crippen molar-refractivity contribution in [3.8, 4) is 0 Å². The van der Waals surface area contributed by atoms with Crippen molar-refractivity contribution in [1.82, 2.24) is 4.98 Å². The quantitative estimate of drug-likeness (QED) is 0.903. The van der Waals surface area contributed by atoms with E-state index >= 15 is 0 Å². The molecule has 0 saturated carbocycles. The van der Waals surface area contributed by atoms with Gasteiger partial charge in [0.2, 0.25) is 0 Å². The minimum absolute atomic E-state index is 0.0246. The van der Waals surface area contributed by atoms with Crippen molar-refractivity contribution in [2.45, 2.75) is 39.2 Å².